The number of anilines is 2. The molecule has 0 unspecified atom stereocenters. The van der Waals surface area contributed by atoms with Crippen LogP contribution in [0.25, 0.3) is 10.9 Å². The van der Waals surface area contributed by atoms with Crippen LogP contribution in [0.3, 0.4) is 0 Å². The molecule has 0 amide bonds. The minimum absolute atomic E-state index is 0.154. The summed E-state index contributed by atoms with van der Waals surface area (Å²) >= 11 is 0. The van der Waals surface area contributed by atoms with Gasteiger partial charge in [0.15, 0.2) is 0 Å². The third kappa shape index (κ3) is 3.16. The van der Waals surface area contributed by atoms with Gasteiger partial charge in [0.2, 0.25) is 5.95 Å². The van der Waals surface area contributed by atoms with E-state index in [0.29, 0.717) is 28.5 Å². The summed E-state index contributed by atoms with van der Waals surface area (Å²) in [5.41, 5.74) is 6.78. The van der Waals surface area contributed by atoms with E-state index in [2.05, 4.69) is 27.2 Å². The van der Waals surface area contributed by atoms with Gasteiger partial charge >= 0.3 is 0 Å². The first-order valence-electron chi connectivity index (χ1n) is 7.34. The highest BCUT2D eigenvalue weighted by Gasteiger charge is 2.16. The number of piperidine rings is 1. The number of benzene rings is 1. The van der Waals surface area contributed by atoms with Gasteiger partial charge < -0.3 is 16.0 Å². The number of fused-ring (bicyclic) bond motifs is 1. The van der Waals surface area contributed by atoms with Crippen molar-refractivity contribution in [1.82, 2.24) is 14.9 Å². The Bertz CT molecular complexity index is 688. The zero-order valence-electron chi connectivity index (χ0n) is 12.2. The minimum Gasteiger partial charge on any atom is -0.399 e. The number of aromatic amines is 1. The predicted octanol–water partition coefficient (Wildman–Crippen LogP) is 1.26. The Kier molecular flexibility index (Phi) is 3.79. The van der Waals surface area contributed by atoms with E-state index in [-0.39, 0.29) is 5.56 Å². The van der Waals surface area contributed by atoms with Gasteiger partial charge in [-0.3, -0.25) is 9.78 Å². The Labute approximate surface area is 123 Å². The maximum atomic E-state index is 12.0. The largest absolute Gasteiger partial charge is 0.399 e. The van der Waals surface area contributed by atoms with Gasteiger partial charge in [0.1, 0.15) is 0 Å². The molecule has 0 aliphatic carbocycles. The fourth-order valence-corrected chi connectivity index (χ4v) is 2.75. The van der Waals surface area contributed by atoms with Gasteiger partial charge in [-0.05, 0) is 57.1 Å². The molecule has 1 aliphatic heterocycles. The lowest BCUT2D eigenvalue weighted by Crippen LogP contribution is -2.33. The molecule has 0 spiro atoms. The lowest BCUT2D eigenvalue weighted by atomic mass is 9.97. The Balaban J connectivity index is 1.73. The van der Waals surface area contributed by atoms with Gasteiger partial charge in [0.25, 0.3) is 5.56 Å². The van der Waals surface area contributed by atoms with Crippen molar-refractivity contribution in [3.8, 4) is 0 Å². The fraction of sp³-hybridized carbons (Fsp3) is 0.467. The lowest BCUT2D eigenvalue weighted by Gasteiger charge is -2.28. The number of nitrogens with one attached hydrogen (secondary N) is 2. The van der Waals surface area contributed by atoms with Crippen LogP contribution in [0, 0.1) is 5.92 Å². The molecule has 0 bridgehead atoms. The van der Waals surface area contributed by atoms with Crippen molar-refractivity contribution in [2.45, 2.75) is 12.8 Å². The highest BCUT2D eigenvalue weighted by Crippen LogP contribution is 2.17. The average Bonchev–Trinajstić information content (AvgIpc) is 2.47. The molecular formula is C15H21N5O. The summed E-state index contributed by atoms with van der Waals surface area (Å²) in [6.45, 7) is 3.11. The molecule has 6 heteroatoms. The summed E-state index contributed by atoms with van der Waals surface area (Å²) < 4.78 is 0. The van der Waals surface area contributed by atoms with E-state index < -0.39 is 0 Å². The van der Waals surface area contributed by atoms with Crippen LogP contribution in [0.5, 0.6) is 0 Å². The summed E-state index contributed by atoms with van der Waals surface area (Å²) in [5.74, 6) is 1.17. The monoisotopic (exact) mass is 287 g/mol. The molecule has 1 fully saturated rings. The van der Waals surface area contributed by atoms with Crippen molar-refractivity contribution in [3.05, 3.63) is 28.6 Å². The van der Waals surface area contributed by atoms with Crippen LogP contribution in [-0.2, 0) is 0 Å². The smallest absolute Gasteiger partial charge is 0.260 e. The molecule has 21 heavy (non-hydrogen) atoms. The normalized spacial score (nSPS) is 17.2. The van der Waals surface area contributed by atoms with Crippen LogP contribution in [0.15, 0.2) is 23.0 Å². The van der Waals surface area contributed by atoms with E-state index in [1.165, 1.54) is 12.8 Å². The van der Waals surface area contributed by atoms with Crippen molar-refractivity contribution in [1.29, 1.82) is 0 Å². The van der Waals surface area contributed by atoms with Crippen LogP contribution in [0.2, 0.25) is 0 Å². The molecule has 0 saturated carbocycles. The average molecular weight is 287 g/mol. The molecule has 2 heterocycles. The topological polar surface area (TPSA) is 87.0 Å². The van der Waals surface area contributed by atoms with Gasteiger partial charge in [0.05, 0.1) is 10.9 Å². The highest BCUT2D eigenvalue weighted by atomic mass is 16.1. The van der Waals surface area contributed by atoms with Gasteiger partial charge in [-0.15, -0.1) is 0 Å². The summed E-state index contributed by atoms with van der Waals surface area (Å²) in [4.78, 5) is 21.6. The standard InChI is InChI=1S/C15H21N5O/c1-20-6-4-10(5-7-20)9-17-15-18-13-3-2-11(16)8-12(13)14(21)19-15/h2-3,8,10H,4-7,9,16H2,1H3,(H2,17,18,19,21). The first-order chi connectivity index (χ1) is 10.1. The number of nitrogen functional groups attached to an aromatic ring is 1. The van der Waals surface area contributed by atoms with Crippen LogP contribution < -0.4 is 16.6 Å². The minimum atomic E-state index is -0.154. The highest BCUT2D eigenvalue weighted by molar-refractivity contribution is 5.81. The number of nitrogens with zero attached hydrogens (tertiary/aromatic N) is 2. The van der Waals surface area contributed by atoms with Crippen molar-refractivity contribution < 1.29 is 0 Å². The van der Waals surface area contributed by atoms with Gasteiger partial charge in [-0.25, -0.2) is 4.98 Å². The maximum Gasteiger partial charge on any atom is 0.260 e. The summed E-state index contributed by atoms with van der Waals surface area (Å²) in [5, 5.41) is 3.79. The summed E-state index contributed by atoms with van der Waals surface area (Å²) in [7, 11) is 2.15. The molecule has 1 aliphatic rings. The molecule has 0 atom stereocenters. The molecule has 4 N–H and O–H groups in total. The maximum absolute atomic E-state index is 12.0. The fourth-order valence-electron chi connectivity index (χ4n) is 2.75. The molecule has 112 valence electrons. The predicted molar refractivity (Wildman–Crippen MR) is 85.5 cm³/mol. The second kappa shape index (κ2) is 5.73. The zero-order chi connectivity index (χ0) is 14.8. The van der Waals surface area contributed by atoms with Gasteiger partial charge in [-0.2, -0.15) is 0 Å². The van der Waals surface area contributed by atoms with Crippen molar-refractivity contribution in [2.75, 3.05) is 37.7 Å². The first-order valence-corrected chi connectivity index (χ1v) is 7.34. The number of likely N-dealkylation sites (tertiary alicyclic amines) is 1. The molecular weight excluding hydrogens is 266 g/mol. The van der Waals surface area contributed by atoms with E-state index in [0.717, 1.165) is 19.6 Å². The third-order valence-electron chi connectivity index (χ3n) is 4.13. The summed E-state index contributed by atoms with van der Waals surface area (Å²) in [6, 6.07) is 5.19. The van der Waals surface area contributed by atoms with E-state index in [1.54, 1.807) is 18.2 Å². The lowest BCUT2D eigenvalue weighted by molar-refractivity contribution is 0.226. The molecule has 1 aromatic heterocycles. The first kappa shape index (κ1) is 13.9. The summed E-state index contributed by atoms with van der Waals surface area (Å²) in [6.07, 6.45) is 2.36. The zero-order valence-corrected chi connectivity index (χ0v) is 12.2. The van der Waals surface area contributed by atoms with E-state index in [4.69, 9.17) is 5.73 Å². The van der Waals surface area contributed by atoms with E-state index >= 15 is 0 Å². The van der Waals surface area contributed by atoms with Crippen molar-refractivity contribution >= 4 is 22.5 Å². The van der Waals surface area contributed by atoms with E-state index in [1.807, 2.05) is 0 Å². The Hall–Kier alpha value is -2.08. The van der Waals surface area contributed by atoms with Gasteiger partial charge in [0, 0.05) is 12.2 Å². The van der Waals surface area contributed by atoms with Crippen LogP contribution in [0.4, 0.5) is 11.6 Å². The number of hydrogen-bond acceptors (Lipinski definition) is 5. The van der Waals surface area contributed by atoms with Crippen LogP contribution >= 0.6 is 0 Å². The van der Waals surface area contributed by atoms with Crippen LogP contribution in [0.1, 0.15) is 12.8 Å². The number of nitrogens with two attached hydrogens (primary N) is 1. The Morgan fingerprint density at radius 2 is 2.19 bits per heavy atom. The van der Waals surface area contributed by atoms with Crippen LogP contribution in [-0.4, -0.2) is 41.5 Å². The SMILES string of the molecule is CN1CCC(CNc2nc3ccc(N)cc3c(=O)[nH]2)CC1. The number of aromatic nitrogens is 2. The quantitative estimate of drug-likeness (QED) is 0.740. The van der Waals surface area contributed by atoms with Gasteiger partial charge in [-0.1, -0.05) is 0 Å². The Morgan fingerprint density at radius 3 is 2.95 bits per heavy atom. The van der Waals surface area contributed by atoms with E-state index in [9.17, 15) is 4.79 Å². The number of rotatable bonds is 3. The second-order valence-electron chi connectivity index (χ2n) is 5.82. The third-order valence-corrected chi connectivity index (χ3v) is 4.13. The molecule has 6 nitrogen and oxygen atoms in total. The van der Waals surface area contributed by atoms with Crippen molar-refractivity contribution in [3.63, 3.8) is 0 Å². The van der Waals surface area contributed by atoms with Crippen molar-refractivity contribution in [2.24, 2.45) is 5.92 Å². The molecule has 1 saturated heterocycles. The molecule has 2 aromatic rings. The molecule has 0 radical (unpaired) electrons. The molecule has 1 aromatic carbocycles. The molecule has 3 rings (SSSR count). The Morgan fingerprint density at radius 1 is 1.43 bits per heavy atom. The number of hydrogen-bond donors (Lipinski definition) is 3. The second-order valence-corrected chi connectivity index (χ2v) is 5.82. The number of H-pyrrole nitrogens is 1.